The number of nitrogens with one attached hydrogen (secondary N) is 1. The molecular formula is C16H17F2NO2. The number of halogens is 2. The summed E-state index contributed by atoms with van der Waals surface area (Å²) >= 11 is 0. The third-order valence-electron chi connectivity index (χ3n) is 3.16. The summed E-state index contributed by atoms with van der Waals surface area (Å²) in [5.41, 5.74) is 0.911. The fraction of sp³-hybridized carbons (Fsp3) is 0.250. The Morgan fingerprint density at radius 1 is 1.10 bits per heavy atom. The topological polar surface area (TPSA) is 30.5 Å². The van der Waals surface area contributed by atoms with Gasteiger partial charge in [-0.2, -0.15) is 0 Å². The van der Waals surface area contributed by atoms with Crippen LogP contribution in [0.4, 0.5) is 8.78 Å². The Kier molecular flexibility index (Phi) is 5.11. The first-order valence-electron chi connectivity index (χ1n) is 6.53. The van der Waals surface area contributed by atoms with Crippen molar-refractivity contribution in [2.75, 3.05) is 20.8 Å². The fourth-order valence-electron chi connectivity index (χ4n) is 1.99. The standard InChI is InChI=1S/C16H17F2NO2/c1-19-15(11-5-3-6-12(9-11)20-2)10-21-16-13(17)7-4-8-14(16)18/h3-9,15,19H,10H2,1-2H3. The van der Waals surface area contributed by atoms with Gasteiger partial charge in [-0.15, -0.1) is 0 Å². The van der Waals surface area contributed by atoms with Crippen molar-refractivity contribution < 1.29 is 18.3 Å². The summed E-state index contributed by atoms with van der Waals surface area (Å²) in [5.74, 6) is -1.07. The zero-order chi connectivity index (χ0) is 15.2. The first-order valence-corrected chi connectivity index (χ1v) is 6.53. The fourth-order valence-corrected chi connectivity index (χ4v) is 1.99. The number of likely N-dealkylation sites (N-methyl/N-ethyl adjacent to an activating group) is 1. The Morgan fingerprint density at radius 3 is 2.38 bits per heavy atom. The van der Waals surface area contributed by atoms with Crippen molar-refractivity contribution in [3.05, 3.63) is 59.7 Å². The summed E-state index contributed by atoms with van der Waals surface area (Å²) < 4.78 is 37.5. The maximum atomic E-state index is 13.5. The lowest BCUT2D eigenvalue weighted by atomic mass is 10.1. The van der Waals surface area contributed by atoms with Crippen LogP contribution in [0.5, 0.6) is 11.5 Å². The molecule has 3 nitrogen and oxygen atoms in total. The van der Waals surface area contributed by atoms with Crippen LogP contribution in [0.3, 0.4) is 0 Å². The number of methoxy groups -OCH3 is 1. The predicted octanol–water partition coefficient (Wildman–Crippen LogP) is 3.31. The summed E-state index contributed by atoms with van der Waals surface area (Å²) in [5, 5.41) is 3.05. The van der Waals surface area contributed by atoms with Gasteiger partial charge in [0.1, 0.15) is 12.4 Å². The Labute approximate surface area is 122 Å². The Bertz CT molecular complexity index is 584. The van der Waals surface area contributed by atoms with Crippen LogP contribution in [0.2, 0.25) is 0 Å². The van der Waals surface area contributed by atoms with E-state index in [1.54, 1.807) is 14.2 Å². The summed E-state index contributed by atoms with van der Waals surface area (Å²) in [6.45, 7) is 0.0987. The number of hydrogen-bond donors (Lipinski definition) is 1. The van der Waals surface area contributed by atoms with E-state index < -0.39 is 11.6 Å². The van der Waals surface area contributed by atoms with Crippen LogP contribution in [0.1, 0.15) is 11.6 Å². The minimum Gasteiger partial charge on any atom is -0.497 e. The highest BCUT2D eigenvalue weighted by molar-refractivity contribution is 5.31. The molecular weight excluding hydrogens is 276 g/mol. The van der Waals surface area contributed by atoms with Crippen molar-refractivity contribution in [1.82, 2.24) is 5.32 Å². The number of rotatable bonds is 6. The molecule has 0 aliphatic heterocycles. The predicted molar refractivity (Wildman–Crippen MR) is 76.6 cm³/mol. The summed E-state index contributed by atoms with van der Waals surface area (Å²) in [4.78, 5) is 0. The number of benzene rings is 2. The second kappa shape index (κ2) is 7.04. The molecule has 0 saturated heterocycles. The zero-order valence-corrected chi connectivity index (χ0v) is 11.9. The van der Waals surface area contributed by atoms with Crippen molar-refractivity contribution in [3.8, 4) is 11.5 Å². The van der Waals surface area contributed by atoms with E-state index in [0.29, 0.717) is 5.75 Å². The molecule has 112 valence electrons. The maximum Gasteiger partial charge on any atom is 0.190 e. The van der Waals surface area contributed by atoms with Gasteiger partial charge in [-0.1, -0.05) is 18.2 Å². The molecule has 0 radical (unpaired) electrons. The second-order valence-corrected chi connectivity index (χ2v) is 4.48. The molecule has 0 amide bonds. The van der Waals surface area contributed by atoms with E-state index in [9.17, 15) is 8.78 Å². The molecule has 0 bridgehead atoms. The van der Waals surface area contributed by atoms with Crippen LogP contribution in [0.25, 0.3) is 0 Å². The molecule has 0 aliphatic carbocycles. The number of para-hydroxylation sites is 1. The van der Waals surface area contributed by atoms with Gasteiger partial charge in [0.25, 0.3) is 0 Å². The van der Waals surface area contributed by atoms with E-state index in [1.165, 1.54) is 18.2 Å². The molecule has 2 rings (SSSR count). The highest BCUT2D eigenvalue weighted by Crippen LogP contribution is 2.24. The molecule has 1 unspecified atom stereocenters. The SMILES string of the molecule is CNC(COc1c(F)cccc1F)c1cccc(OC)c1. The summed E-state index contributed by atoms with van der Waals surface area (Å²) in [6, 6.07) is 10.8. The van der Waals surface area contributed by atoms with Gasteiger partial charge in [0.15, 0.2) is 17.4 Å². The molecule has 2 aromatic rings. The maximum absolute atomic E-state index is 13.5. The summed E-state index contributed by atoms with van der Waals surface area (Å²) in [7, 11) is 3.34. The van der Waals surface area contributed by atoms with Gasteiger partial charge in [0.05, 0.1) is 13.2 Å². The van der Waals surface area contributed by atoms with Crippen molar-refractivity contribution >= 4 is 0 Å². The van der Waals surface area contributed by atoms with Crippen molar-refractivity contribution in [1.29, 1.82) is 0 Å². The molecule has 2 aromatic carbocycles. The minimum absolute atomic E-state index is 0.0987. The quantitative estimate of drug-likeness (QED) is 0.886. The van der Waals surface area contributed by atoms with Gasteiger partial charge < -0.3 is 14.8 Å². The van der Waals surface area contributed by atoms with Crippen molar-refractivity contribution in [2.45, 2.75) is 6.04 Å². The van der Waals surface area contributed by atoms with E-state index in [2.05, 4.69) is 5.32 Å². The molecule has 0 aliphatic rings. The van der Waals surface area contributed by atoms with E-state index >= 15 is 0 Å². The normalized spacial score (nSPS) is 12.0. The van der Waals surface area contributed by atoms with Gasteiger partial charge in [-0.3, -0.25) is 0 Å². The molecule has 5 heteroatoms. The molecule has 1 atom stereocenters. The van der Waals surface area contributed by atoms with Crippen molar-refractivity contribution in [2.24, 2.45) is 0 Å². The summed E-state index contributed by atoms with van der Waals surface area (Å²) in [6.07, 6.45) is 0. The lowest BCUT2D eigenvalue weighted by molar-refractivity contribution is 0.249. The Morgan fingerprint density at radius 2 is 1.76 bits per heavy atom. The second-order valence-electron chi connectivity index (χ2n) is 4.48. The smallest absolute Gasteiger partial charge is 0.190 e. The number of hydrogen-bond acceptors (Lipinski definition) is 3. The van der Waals surface area contributed by atoms with Crippen LogP contribution in [-0.2, 0) is 0 Å². The highest BCUT2D eigenvalue weighted by Gasteiger charge is 2.15. The molecule has 0 fully saturated rings. The van der Waals surface area contributed by atoms with Crippen LogP contribution < -0.4 is 14.8 Å². The number of ether oxygens (including phenoxy) is 2. The van der Waals surface area contributed by atoms with Crippen LogP contribution in [-0.4, -0.2) is 20.8 Å². The van der Waals surface area contributed by atoms with E-state index in [-0.39, 0.29) is 18.4 Å². The van der Waals surface area contributed by atoms with Crippen LogP contribution in [0, 0.1) is 11.6 Å². The largest absolute Gasteiger partial charge is 0.497 e. The van der Waals surface area contributed by atoms with Gasteiger partial charge in [0, 0.05) is 0 Å². The Hall–Kier alpha value is -2.14. The molecule has 0 spiro atoms. The monoisotopic (exact) mass is 293 g/mol. The first kappa shape index (κ1) is 15.3. The van der Waals surface area contributed by atoms with Gasteiger partial charge in [-0.25, -0.2) is 8.78 Å². The average molecular weight is 293 g/mol. The lowest BCUT2D eigenvalue weighted by Crippen LogP contribution is -2.23. The van der Waals surface area contributed by atoms with Crippen LogP contribution >= 0.6 is 0 Å². The van der Waals surface area contributed by atoms with Gasteiger partial charge in [0.2, 0.25) is 0 Å². The van der Waals surface area contributed by atoms with Gasteiger partial charge in [-0.05, 0) is 36.9 Å². The third-order valence-corrected chi connectivity index (χ3v) is 3.16. The average Bonchev–Trinajstić information content (AvgIpc) is 2.50. The van der Waals surface area contributed by atoms with E-state index in [4.69, 9.17) is 9.47 Å². The van der Waals surface area contributed by atoms with Crippen molar-refractivity contribution in [3.63, 3.8) is 0 Å². The molecule has 0 aromatic heterocycles. The van der Waals surface area contributed by atoms with Crippen LogP contribution in [0.15, 0.2) is 42.5 Å². The molecule has 0 heterocycles. The van der Waals surface area contributed by atoms with E-state index in [1.807, 2.05) is 24.3 Å². The third kappa shape index (κ3) is 3.70. The lowest BCUT2D eigenvalue weighted by Gasteiger charge is -2.18. The van der Waals surface area contributed by atoms with Gasteiger partial charge >= 0.3 is 0 Å². The highest BCUT2D eigenvalue weighted by atomic mass is 19.1. The zero-order valence-electron chi connectivity index (χ0n) is 11.9. The Balaban J connectivity index is 2.12. The first-order chi connectivity index (χ1) is 10.2. The van der Waals surface area contributed by atoms with E-state index in [0.717, 1.165) is 5.56 Å². The molecule has 0 saturated carbocycles. The molecule has 1 N–H and O–H groups in total. The molecule has 21 heavy (non-hydrogen) atoms. The minimum atomic E-state index is -0.713.